The average Bonchev–Trinajstić information content (AvgIpc) is 2.35. The number of ether oxygens (including phenoxy) is 3. The Kier molecular flexibility index (Phi) is 3.92. The molecule has 0 saturated heterocycles. The first kappa shape index (κ1) is 12.8. The van der Waals surface area contributed by atoms with Crippen LogP contribution in [-0.2, 0) is 4.74 Å². The van der Waals surface area contributed by atoms with Crippen LogP contribution >= 0.6 is 0 Å². The van der Waals surface area contributed by atoms with Crippen molar-refractivity contribution in [1.29, 1.82) is 0 Å². The van der Waals surface area contributed by atoms with Crippen LogP contribution in [0.2, 0.25) is 0 Å². The van der Waals surface area contributed by atoms with E-state index in [0.717, 1.165) is 0 Å². The lowest BCUT2D eigenvalue weighted by molar-refractivity contribution is 0.0600. The van der Waals surface area contributed by atoms with Crippen molar-refractivity contribution in [3.8, 4) is 11.5 Å². The zero-order valence-electron chi connectivity index (χ0n) is 9.64. The maximum atomic E-state index is 11.3. The van der Waals surface area contributed by atoms with Gasteiger partial charge in [0, 0.05) is 0 Å². The Balaban J connectivity index is 3.45. The second-order valence-electron chi connectivity index (χ2n) is 3.06. The number of rotatable bonds is 4. The van der Waals surface area contributed by atoms with E-state index in [1.54, 1.807) is 0 Å². The molecule has 0 saturated carbocycles. The Morgan fingerprint density at radius 1 is 1.12 bits per heavy atom. The molecule has 0 aliphatic carbocycles. The molecule has 0 amide bonds. The van der Waals surface area contributed by atoms with Crippen molar-refractivity contribution in [3.05, 3.63) is 23.3 Å². The van der Waals surface area contributed by atoms with Gasteiger partial charge in [-0.25, -0.2) is 9.59 Å². The summed E-state index contributed by atoms with van der Waals surface area (Å²) in [7, 11) is 3.88. The molecule has 0 aliphatic heterocycles. The van der Waals surface area contributed by atoms with E-state index >= 15 is 0 Å². The zero-order chi connectivity index (χ0) is 13.0. The summed E-state index contributed by atoms with van der Waals surface area (Å²) in [5, 5.41) is 9.01. The minimum Gasteiger partial charge on any atom is -0.493 e. The van der Waals surface area contributed by atoms with Crippen molar-refractivity contribution in [3.63, 3.8) is 0 Å². The molecule has 1 aromatic rings. The van der Waals surface area contributed by atoms with Crippen LogP contribution in [0.1, 0.15) is 20.7 Å². The molecule has 0 bridgehead atoms. The van der Waals surface area contributed by atoms with Gasteiger partial charge in [-0.05, 0) is 12.1 Å². The van der Waals surface area contributed by atoms with Gasteiger partial charge < -0.3 is 19.3 Å². The van der Waals surface area contributed by atoms with Gasteiger partial charge in [0.05, 0.1) is 26.9 Å². The normalized spacial score (nSPS) is 9.59. The summed E-state index contributed by atoms with van der Waals surface area (Å²) >= 11 is 0. The smallest absolute Gasteiger partial charge is 0.339 e. The highest BCUT2D eigenvalue weighted by Crippen LogP contribution is 2.32. The molecule has 0 aliphatic rings. The van der Waals surface area contributed by atoms with E-state index in [1.165, 1.54) is 33.5 Å². The Morgan fingerprint density at radius 3 is 2.18 bits per heavy atom. The van der Waals surface area contributed by atoms with Gasteiger partial charge in [-0.2, -0.15) is 0 Å². The molecule has 6 nitrogen and oxygen atoms in total. The van der Waals surface area contributed by atoms with Crippen LogP contribution in [0.5, 0.6) is 11.5 Å². The second kappa shape index (κ2) is 5.20. The van der Waals surface area contributed by atoms with E-state index in [9.17, 15) is 9.59 Å². The zero-order valence-corrected chi connectivity index (χ0v) is 9.64. The first-order chi connectivity index (χ1) is 8.04. The number of carboxylic acid groups (broad SMARTS) is 1. The lowest BCUT2D eigenvalue weighted by Crippen LogP contribution is -2.08. The highest BCUT2D eigenvalue weighted by Gasteiger charge is 2.20. The van der Waals surface area contributed by atoms with E-state index < -0.39 is 11.9 Å². The summed E-state index contributed by atoms with van der Waals surface area (Å²) in [5.41, 5.74) is -0.0743. The molecule has 0 spiro atoms. The second-order valence-corrected chi connectivity index (χ2v) is 3.06. The largest absolute Gasteiger partial charge is 0.493 e. The number of hydrogen-bond acceptors (Lipinski definition) is 5. The Labute approximate surface area is 97.7 Å². The molecule has 1 N–H and O–H groups in total. The number of methoxy groups -OCH3 is 3. The third-order valence-corrected chi connectivity index (χ3v) is 2.13. The molecule has 6 heteroatoms. The fraction of sp³-hybridized carbons (Fsp3) is 0.273. The third kappa shape index (κ3) is 2.47. The minimum absolute atomic E-state index is 0.0626. The molecule has 92 valence electrons. The van der Waals surface area contributed by atoms with E-state index in [1.807, 2.05) is 0 Å². The quantitative estimate of drug-likeness (QED) is 0.796. The highest BCUT2D eigenvalue weighted by molar-refractivity contribution is 5.97. The molecule has 1 aromatic carbocycles. The Morgan fingerprint density at radius 2 is 1.76 bits per heavy atom. The first-order valence-corrected chi connectivity index (χ1v) is 4.62. The van der Waals surface area contributed by atoms with Crippen LogP contribution in [0.4, 0.5) is 0 Å². The predicted octanol–water partition coefficient (Wildman–Crippen LogP) is 1.19. The van der Waals surface area contributed by atoms with Gasteiger partial charge in [-0.15, -0.1) is 0 Å². The van der Waals surface area contributed by atoms with E-state index in [2.05, 4.69) is 4.74 Å². The molecule has 0 heterocycles. The van der Waals surface area contributed by atoms with Crippen molar-refractivity contribution in [1.82, 2.24) is 0 Å². The summed E-state index contributed by atoms with van der Waals surface area (Å²) in [6, 6.07) is 2.53. The van der Waals surface area contributed by atoms with Gasteiger partial charge in [0.1, 0.15) is 5.56 Å². The van der Waals surface area contributed by atoms with Crippen molar-refractivity contribution < 1.29 is 28.9 Å². The van der Waals surface area contributed by atoms with E-state index in [0.29, 0.717) is 0 Å². The molecular formula is C11H12O6. The number of hydrogen-bond donors (Lipinski definition) is 1. The van der Waals surface area contributed by atoms with Crippen molar-refractivity contribution >= 4 is 11.9 Å². The lowest BCUT2D eigenvalue weighted by atomic mass is 10.1. The SMILES string of the molecule is COC(=O)c1cc(OC)c(OC)c(C(=O)O)c1. The molecule has 0 radical (unpaired) electrons. The van der Waals surface area contributed by atoms with Crippen LogP contribution in [0.15, 0.2) is 12.1 Å². The fourth-order valence-corrected chi connectivity index (χ4v) is 1.36. The van der Waals surface area contributed by atoms with Crippen LogP contribution in [-0.4, -0.2) is 38.4 Å². The minimum atomic E-state index is -1.22. The fourth-order valence-electron chi connectivity index (χ4n) is 1.36. The molecule has 0 fully saturated rings. The number of carbonyl (C=O) groups is 2. The highest BCUT2D eigenvalue weighted by atomic mass is 16.5. The number of benzene rings is 1. The summed E-state index contributed by atoms with van der Waals surface area (Å²) < 4.78 is 14.4. The Hall–Kier alpha value is -2.24. The molecular weight excluding hydrogens is 228 g/mol. The first-order valence-electron chi connectivity index (χ1n) is 4.62. The van der Waals surface area contributed by atoms with Gasteiger partial charge in [-0.3, -0.25) is 0 Å². The van der Waals surface area contributed by atoms with Crippen LogP contribution in [0.3, 0.4) is 0 Å². The number of aromatic carboxylic acids is 1. The topological polar surface area (TPSA) is 82.1 Å². The number of carboxylic acids is 1. The van der Waals surface area contributed by atoms with Crippen LogP contribution < -0.4 is 9.47 Å². The van der Waals surface area contributed by atoms with Crippen molar-refractivity contribution in [2.24, 2.45) is 0 Å². The predicted molar refractivity (Wildman–Crippen MR) is 57.8 cm³/mol. The monoisotopic (exact) mass is 240 g/mol. The molecule has 0 atom stereocenters. The summed E-state index contributed by atoms with van der Waals surface area (Å²) in [6.07, 6.45) is 0. The van der Waals surface area contributed by atoms with Crippen LogP contribution in [0, 0.1) is 0 Å². The van der Waals surface area contributed by atoms with E-state index in [4.69, 9.17) is 14.6 Å². The molecule has 1 rings (SSSR count). The van der Waals surface area contributed by atoms with E-state index in [-0.39, 0.29) is 22.6 Å². The molecule has 0 aromatic heterocycles. The Bertz CT molecular complexity index is 452. The number of esters is 1. The third-order valence-electron chi connectivity index (χ3n) is 2.13. The van der Waals surface area contributed by atoms with Crippen molar-refractivity contribution in [2.45, 2.75) is 0 Å². The summed E-state index contributed by atoms with van der Waals surface area (Å²) in [4.78, 5) is 22.4. The number of carbonyl (C=O) groups excluding carboxylic acids is 1. The van der Waals surface area contributed by atoms with Gasteiger partial charge in [0.15, 0.2) is 11.5 Å². The maximum Gasteiger partial charge on any atom is 0.339 e. The van der Waals surface area contributed by atoms with Gasteiger partial charge in [0.2, 0.25) is 0 Å². The van der Waals surface area contributed by atoms with Crippen LogP contribution in [0.25, 0.3) is 0 Å². The average molecular weight is 240 g/mol. The van der Waals surface area contributed by atoms with Gasteiger partial charge in [0.25, 0.3) is 0 Å². The van der Waals surface area contributed by atoms with Gasteiger partial charge in [-0.1, -0.05) is 0 Å². The summed E-state index contributed by atoms with van der Waals surface area (Å²) in [5.74, 6) is -1.64. The van der Waals surface area contributed by atoms with Gasteiger partial charge >= 0.3 is 11.9 Å². The lowest BCUT2D eigenvalue weighted by Gasteiger charge is -2.11. The summed E-state index contributed by atoms with van der Waals surface area (Å²) in [6.45, 7) is 0. The van der Waals surface area contributed by atoms with Crippen molar-refractivity contribution in [2.75, 3.05) is 21.3 Å². The molecule has 17 heavy (non-hydrogen) atoms. The molecule has 0 unspecified atom stereocenters. The standard InChI is InChI=1S/C11H12O6/c1-15-8-5-6(11(14)17-3)4-7(10(12)13)9(8)16-2/h4-5H,1-3H3,(H,12,13). The maximum absolute atomic E-state index is 11.3.